The molecule has 0 bridgehead atoms. The first-order chi connectivity index (χ1) is 16.9. The summed E-state index contributed by atoms with van der Waals surface area (Å²) >= 11 is 0. The average molecular weight is 474 g/mol. The number of imidazole rings is 1. The first kappa shape index (κ1) is 23.6. The highest BCUT2D eigenvalue weighted by molar-refractivity contribution is 5.98. The van der Waals surface area contributed by atoms with Crippen LogP contribution in [0.1, 0.15) is 39.0 Å². The van der Waals surface area contributed by atoms with Crippen molar-refractivity contribution in [3.8, 4) is 11.5 Å². The first-order valence-corrected chi connectivity index (χ1v) is 10.9. The summed E-state index contributed by atoms with van der Waals surface area (Å²) in [4.78, 5) is 29.3. The molecule has 0 aliphatic rings. The third kappa shape index (κ3) is 5.19. The monoisotopic (exact) mass is 474 g/mol. The third-order valence-corrected chi connectivity index (χ3v) is 5.37. The molecule has 178 valence electrons. The summed E-state index contributed by atoms with van der Waals surface area (Å²) in [6.45, 7) is 4.77. The van der Waals surface area contributed by atoms with Gasteiger partial charge in [0.25, 0.3) is 5.91 Å². The fourth-order valence-corrected chi connectivity index (χ4v) is 3.61. The van der Waals surface area contributed by atoms with Gasteiger partial charge >= 0.3 is 5.97 Å². The maximum atomic E-state index is 13.1. The topological polar surface area (TPSA) is 94.8 Å². The van der Waals surface area contributed by atoms with E-state index in [4.69, 9.17) is 9.47 Å². The van der Waals surface area contributed by atoms with E-state index in [1.54, 1.807) is 30.3 Å². The van der Waals surface area contributed by atoms with Gasteiger partial charge in [0, 0.05) is 12.1 Å². The molecule has 0 unspecified atom stereocenters. The number of aryl methyl sites for hydroxylation is 2. The maximum absolute atomic E-state index is 13.1. The second-order valence-electron chi connectivity index (χ2n) is 7.61. The second-order valence-corrected chi connectivity index (χ2v) is 7.61. The Labute approximate surface area is 201 Å². The van der Waals surface area contributed by atoms with Crippen molar-refractivity contribution in [1.29, 1.82) is 0 Å². The van der Waals surface area contributed by atoms with Crippen LogP contribution in [-0.2, 0) is 6.54 Å². The molecule has 0 aliphatic heterocycles. The summed E-state index contributed by atoms with van der Waals surface area (Å²) in [7, 11) is 1.44. The lowest BCUT2D eigenvalue weighted by molar-refractivity contribution is 0.0729. The SMILES string of the molecule is CCn1c(C)nc2cc(C(=O)N/N=C/c3ccc(OC(=O)c4ccc(F)cc4)c(OC)c3)ccc21. The zero-order valence-electron chi connectivity index (χ0n) is 19.4. The predicted octanol–water partition coefficient (Wildman–Crippen LogP) is 4.50. The van der Waals surface area contributed by atoms with Crippen molar-refractivity contribution in [3.05, 3.63) is 89.0 Å². The van der Waals surface area contributed by atoms with Gasteiger partial charge in [0.15, 0.2) is 11.5 Å². The van der Waals surface area contributed by atoms with Crippen LogP contribution in [0, 0.1) is 12.7 Å². The molecule has 0 spiro atoms. The minimum Gasteiger partial charge on any atom is -0.493 e. The van der Waals surface area contributed by atoms with E-state index in [9.17, 15) is 14.0 Å². The molecule has 9 heteroatoms. The summed E-state index contributed by atoms with van der Waals surface area (Å²) in [5.74, 6) is -0.0886. The minimum atomic E-state index is -0.645. The smallest absolute Gasteiger partial charge is 0.343 e. The minimum absolute atomic E-state index is 0.193. The normalized spacial score (nSPS) is 11.1. The molecule has 0 fully saturated rings. The van der Waals surface area contributed by atoms with E-state index in [-0.39, 0.29) is 17.2 Å². The molecule has 1 amide bonds. The van der Waals surface area contributed by atoms with Crippen LogP contribution in [0.2, 0.25) is 0 Å². The van der Waals surface area contributed by atoms with Crippen LogP contribution < -0.4 is 14.9 Å². The fourth-order valence-electron chi connectivity index (χ4n) is 3.61. The van der Waals surface area contributed by atoms with E-state index in [2.05, 4.69) is 20.1 Å². The highest BCUT2D eigenvalue weighted by atomic mass is 19.1. The Hall–Kier alpha value is -4.53. The summed E-state index contributed by atoms with van der Waals surface area (Å²) in [5, 5.41) is 4.01. The number of ether oxygens (including phenoxy) is 2. The van der Waals surface area contributed by atoms with E-state index < -0.39 is 11.8 Å². The Morgan fingerprint density at radius 2 is 1.80 bits per heavy atom. The van der Waals surface area contributed by atoms with Crippen molar-refractivity contribution in [3.63, 3.8) is 0 Å². The number of methoxy groups -OCH3 is 1. The summed E-state index contributed by atoms with van der Waals surface area (Å²) in [6.07, 6.45) is 1.44. The van der Waals surface area contributed by atoms with Crippen molar-refractivity contribution in [2.24, 2.45) is 5.10 Å². The lowest BCUT2D eigenvalue weighted by atomic mass is 10.2. The largest absolute Gasteiger partial charge is 0.493 e. The molecule has 0 saturated carbocycles. The summed E-state index contributed by atoms with van der Waals surface area (Å²) in [6, 6.07) is 15.2. The number of carbonyl (C=O) groups excluding carboxylic acids is 2. The third-order valence-electron chi connectivity index (χ3n) is 5.37. The Morgan fingerprint density at radius 3 is 2.51 bits per heavy atom. The van der Waals surface area contributed by atoms with Gasteiger partial charge in [0.2, 0.25) is 0 Å². The molecule has 4 aromatic rings. The van der Waals surface area contributed by atoms with Gasteiger partial charge in [-0.15, -0.1) is 0 Å². The number of nitrogens with zero attached hydrogens (tertiary/aromatic N) is 3. The molecular weight excluding hydrogens is 451 g/mol. The number of fused-ring (bicyclic) bond motifs is 1. The van der Waals surface area contributed by atoms with Gasteiger partial charge in [0.1, 0.15) is 11.6 Å². The average Bonchev–Trinajstić information content (AvgIpc) is 3.18. The molecule has 35 heavy (non-hydrogen) atoms. The highest BCUT2D eigenvalue weighted by Gasteiger charge is 2.13. The van der Waals surface area contributed by atoms with Crippen molar-refractivity contribution in [2.45, 2.75) is 20.4 Å². The van der Waals surface area contributed by atoms with Gasteiger partial charge in [-0.2, -0.15) is 5.10 Å². The summed E-state index contributed by atoms with van der Waals surface area (Å²) < 4.78 is 25.8. The standard InChI is InChI=1S/C26H23FN4O4/c1-4-31-16(2)29-21-14-19(8-11-22(21)31)25(32)30-28-15-17-5-12-23(24(13-17)34-3)35-26(33)18-6-9-20(27)10-7-18/h5-15H,4H2,1-3H3,(H,30,32)/b28-15+. The Kier molecular flexibility index (Phi) is 6.86. The predicted molar refractivity (Wildman–Crippen MR) is 130 cm³/mol. The first-order valence-electron chi connectivity index (χ1n) is 10.9. The zero-order chi connectivity index (χ0) is 24.9. The van der Waals surface area contributed by atoms with E-state index in [1.807, 2.05) is 19.9 Å². The second kappa shape index (κ2) is 10.2. The number of rotatable bonds is 7. The number of hydrogen-bond donors (Lipinski definition) is 1. The van der Waals surface area contributed by atoms with Crippen LogP contribution in [0.15, 0.2) is 65.8 Å². The molecule has 0 atom stereocenters. The Morgan fingerprint density at radius 1 is 1.06 bits per heavy atom. The van der Waals surface area contributed by atoms with Crippen molar-refractivity contribution in [2.75, 3.05) is 7.11 Å². The van der Waals surface area contributed by atoms with Gasteiger partial charge in [-0.3, -0.25) is 4.79 Å². The van der Waals surface area contributed by atoms with Crippen LogP contribution in [-0.4, -0.2) is 34.8 Å². The maximum Gasteiger partial charge on any atom is 0.343 e. The van der Waals surface area contributed by atoms with Gasteiger partial charge < -0.3 is 14.0 Å². The molecular formula is C26H23FN4O4. The molecule has 1 heterocycles. The van der Waals surface area contributed by atoms with Gasteiger partial charge in [-0.25, -0.2) is 19.6 Å². The number of halogens is 1. The van der Waals surface area contributed by atoms with Crippen molar-refractivity contribution >= 4 is 29.1 Å². The van der Waals surface area contributed by atoms with Crippen LogP contribution >= 0.6 is 0 Å². The lowest BCUT2D eigenvalue weighted by Gasteiger charge is -2.10. The van der Waals surface area contributed by atoms with Crippen molar-refractivity contribution in [1.82, 2.24) is 15.0 Å². The van der Waals surface area contributed by atoms with Gasteiger partial charge in [-0.05, 0) is 80.1 Å². The quantitative estimate of drug-likeness (QED) is 0.184. The number of esters is 1. The number of nitrogens with one attached hydrogen (secondary N) is 1. The molecule has 0 radical (unpaired) electrons. The molecule has 4 rings (SSSR count). The van der Waals surface area contributed by atoms with Crippen molar-refractivity contribution < 1.29 is 23.5 Å². The van der Waals surface area contributed by atoms with Crippen LogP contribution in [0.3, 0.4) is 0 Å². The molecule has 0 saturated heterocycles. The van der Waals surface area contributed by atoms with Crippen LogP contribution in [0.4, 0.5) is 4.39 Å². The molecule has 0 aliphatic carbocycles. The van der Waals surface area contributed by atoms with Gasteiger partial charge in [0.05, 0.1) is 29.9 Å². The Balaban J connectivity index is 1.43. The zero-order valence-corrected chi connectivity index (χ0v) is 19.4. The highest BCUT2D eigenvalue weighted by Crippen LogP contribution is 2.28. The number of aromatic nitrogens is 2. The number of hydrazone groups is 1. The van der Waals surface area contributed by atoms with E-state index in [0.29, 0.717) is 16.9 Å². The van der Waals surface area contributed by atoms with E-state index in [1.165, 1.54) is 37.6 Å². The molecule has 3 aromatic carbocycles. The van der Waals surface area contributed by atoms with Crippen LogP contribution in [0.5, 0.6) is 11.5 Å². The lowest BCUT2D eigenvalue weighted by Crippen LogP contribution is -2.17. The number of hydrogen-bond acceptors (Lipinski definition) is 6. The van der Waals surface area contributed by atoms with Crippen LogP contribution in [0.25, 0.3) is 11.0 Å². The number of carbonyl (C=O) groups is 2. The molecule has 1 N–H and O–H groups in total. The fraction of sp³-hybridized carbons (Fsp3) is 0.154. The Bertz CT molecular complexity index is 1430. The number of amides is 1. The summed E-state index contributed by atoms with van der Waals surface area (Å²) in [5.41, 5.74) is 5.47. The van der Waals surface area contributed by atoms with E-state index in [0.717, 1.165) is 23.4 Å². The molecule has 8 nitrogen and oxygen atoms in total. The van der Waals surface area contributed by atoms with E-state index >= 15 is 0 Å². The number of benzene rings is 3. The van der Waals surface area contributed by atoms with Gasteiger partial charge in [-0.1, -0.05) is 0 Å². The molecule has 1 aromatic heterocycles.